The lowest BCUT2D eigenvalue weighted by molar-refractivity contribution is -0.142. The predicted octanol–water partition coefficient (Wildman–Crippen LogP) is 3.91. The number of alkyl halides is 6. The minimum atomic E-state index is -4.90. The van der Waals surface area contributed by atoms with E-state index in [0.717, 1.165) is 6.07 Å². The molecule has 0 saturated carbocycles. The summed E-state index contributed by atoms with van der Waals surface area (Å²) in [5.41, 5.74) is 0.713. The van der Waals surface area contributed by atoms with Gasteiger partial charge in [-0.15, -0.1) is 0 Å². The lowest BCUT2D eigenvalue weighted by Crippen LogP contribution is -2.17. The van der Waals surface area contributed by atoms with Gasteiger partial charge in [-0.3, -0.25) is 0 Å². The molecule has 0 saturated heterocycles. The molecule has 1 nitrogen and oxygen atoms in total. The molecule has 0 bridgehead atoms. The monoisotopic (exact) mass is 355 g/mol. The number of rotatable bonds is 0. The molecule has 0 aromatic heterocycles. The van der Waals surface area contributed by atoms with Crippen LogP contribution in [0.5, 0.6) is 0 Å². The van der Waals surface area contributed by atoms with E-state index in [0.29, 0.717) is 6.07 Å². The van der Waals surface area contributed by atoms with E-state index in [9.17, 15) is 26.3 Å². The first-order valence-electron chi connectivity index (χ1n) is 3.77. The highest BCUT2D eigenvalue weighted by Crippen LogP contribution is 2.43. The standard InChI is InChI=1S/C8H4F6IN/c9-7(10,11)3-1-2-4(15)5(6(3)16)8(12,13)14/h1-2H,16H2. The Morgan fingerprint density at radius 1 is 0.938 bits per heavy atom. The smallest absolute Gasteiger partial charge is 0.398 e. The summed E-state index contributed by atoms with van der Waals surface area (Å²) in [4.78, 5) is 0. The van der Waals surface area contributed by atoms with E-state index in [2.05, 4.69) is 0 Å². The Kier molecular flexibility index (Phi) is 3.32. The maximum Gasteiger partial charge on any atom is 0.419 e. The van der Waals surface area contributed by atoms with Crippen molar-refractivity contribution in [1.29, 1.82) is 0 Å². The molecule has 90 valence electrons. The molecule has 1 aromatic carbocycles. The number of halogens is 7. The van der Waals surface area contributed by atoms with Crippen molar-refractivity contribution in [2.75, 3.05) is 5.73 Å². The van der Waals surface area contributed by atoms with Crippen LogP contribution in [0.1, 0.15) is 11.1 Å². The van der Waals surface area contributed by atoms with Gasteiger partial charge in [0.15, 0.2) is 0 Å². The van der Waals surface area contributed by atoms with Crippen LogP contribution in [0.3, 0.4) is 0 Å². The van der Waals surface area contributed by atoms with Gasteiger partial charge in [-0.2, -0.15) is 26.3 Å². The van der Waals surface area contributed by atoms with Crippen LogP contribution in [0.15, 0.2) is 12.1 Å². The van der Waals surface area contributed by atoms with Gasteiger partial charge in [0.1, 0.15) is 0 Å². The van der Waals surface area contributed by atoms with Crippen molar-refractivity contribution >= 4 is 28.3 Å². The lowest BCUT2D eigenvalue weighted by Gasteiger charge is -2.16. The molecular weight excluding hydrogens is 351 g/mol. The van der Waals surface area contributed by atoms with Crippen LogP contribution in [0.2, 0.25) is 0 Å². The van der Waals surface area contributed by atoms with Crippen LogP contribution in [-0.4, -0.2) is 0 Å². The molecule has 0 aliphatic carbocycles. The summed E-state index contributed by atoms with van der Waals surface area (Å²) >= 11 is 1.29. The van der Waals surface area contributed by atoms with E-state index in [-0.39, 0.29) is 3.57 Å². The molecule has 0 aliphatic heterocycles. The fourth-order valence-electron chi connectivity index (χ4n) is 1.13. The van der Waals surface area contributed by atoms with Crippen LogP contribution in [0.4, 0.5) is 32.0 Å². The van der Waals surface area contributed by atoms with Crippen molar-refractivity contribution in [3.05, 3.63) is 26.8 Å². The Morgan fingerprint density at radius 3 is 1.81 bits per heavy atom. The van der Waals surface area contributed by atoms with Crippen LogP contribution in [0.25, 0.3) is 0 Å². The van der Waals surface area contributed by atoms with E-state index in [4.69, 9.17) is 5.73 Å². The van der Waals surface area contributed by atoms with Crippen molar-refractivity contribution in [3.63, 3.8) is 0 Å². The zero-order valence-corrected chi connectivity index (χ0v) is 9.54. The van der Waals surface area contributed by atoms with Crippen LogP contribution in [-0.2, 0) is 12.4 Å². The summed E-state index contributed by atoms with van der Waals surface area (Å²) in [5.74, 6) is 0. The molecular formula is C8H4F6IN. The Hall–Kier alpha value is -0.670. The highest BCUT2D eigenvalue weighted by molar-refractivity contribution is 14.1. The summed E-state index contributed by atoms with van der Waals surface area (Å²) in [7, 11) is 0. The highest BCUT2D eigenvalue weighted by atomic mass is 127. The molecule has 0 heterocycles. The second kappa shape index (κ2) is 3.97. The SMILES string of the molecule is Nc1c(C(F)(F)F)ccc(I)c1C(F)(F)F. The van der Waals surface area contributed by atoms with E-state index in [1.807, 2.05) is 0 Å². The van der Waals surface area contributed by atoms with E-state index in [1.54, 1.807) is 0 Å². The summed E-state index contributed by atoms with van der Waals surface area (Å²) in [5, 5.41) is 0. The second-order valence-electron chi connectivity index (χ2n) is 2.88. The highest BCUT2D eigenvalue weighted by Gasteiger charge is 2.41. The second-order valence-corrected chi connectivity index (χ2v) is 4.04. The largest absolute Gasteiger partial charge is 0.419 e. The van der Waals surface area contributed by atoms with Crippen molar-refractivity contribution in [3.8, 4) is 0 Å². The fourth-order valence-corrected chi connectivity index (χ4v) is 1.90. The van der Waals surface area contributed by atoms with Gasteiger partial charge in [-0.05, 0) is 34.7 Å². The number of benzene rings is 1. The summed E-state index contributed by atoms with van der Waals surface area (Å²) in [6, 6.07) is 1.27. The number of nitrogen functional groups attached to an aromatic ring is 1. The zero-order chi connectivity index (χ0) is 12.7. The number of anilines is 1. The number of hydrogen-bond donors (Lipinski definition) is 1. The Balaban J connectivity index is 3.52. The third-order valence-corrected chi connectivity index (χ3v) is 2.68. The third-order valence-electron chi connectivity index (χ3n) is 1.78. The minimum absolute atomic E-state index is 0.365. The average Bonchev–Trinajstić information content (AvgIpc) is 1.97. The maximum absolute atomic E-state index is 12.4. The Labute approximate surface area is 99.8 Å². The fraction of sp³-hybridized carbons (Fsp3) is 0.250. The molecule has 1 aromatic rings. The number of nitrogens with two attached hydrogens (primary N) is 1. The molecule has 16 heavy (non-hydrogen) atoms. The van der Waals surface area contributed by atoms with Gasteiger partial charge in [0, 0.05) is 3.57 Å². The van der Waals surface area contributed by atoms with Crippen LogP contribution < -0.4 is 5.73 Å². The van der Waals surface area contributed by atoms with Gasteiger partial charge in [0.05, 0.1) is 16.8 Å². The molecule has 0 unspecified atom stereocenters. The Morgan fingerprint density at radius 2 is 1.44 bits per heavy atom. The normalized spacial score (nSPS) is 12.9. The minimum Gasteiger partial charge on any atom is -0.398 e. The molecule has 0 amide bonds. The summed E-state index contributed by atoms with van der Waals surface area (Å²) in [6.07, 6.45) is -9.80. The van der Waals surface area contributed by atoms with Gasteiger partial charge in [0.2, 0.25) is 0 Å². The lowest BCUT2D eigenvalue weighted by atomic mass is 10.1. The quantitative estimate of drug-likeness (QED) is 0.426. The Bertz CT molecular complexity index is 408. The average molecular weight is 355 g/mol. The first-order valence-corrected chi connectivity index (χ1v) is 4.85. The first-order chi connectivity index (χ1) is 7.05. The molecule has 1 rings (SSSR count). The zero-order valence-electron chi connectivity index (χ0n) is 7.38. The van der Waals surface area contributed by atoms with Crippen LogP contribution >= 0.6 is 22.6 Å². The van der Waals surface area contributed by atoms with Crippen LogP contribution in [0, 0.1) is 3.57 Å². The maximum atomic E-state index is 12.4. The molecule has 2 N–H and O–H groups in total. The topological polar surface area (TPSA) is 26.0 Å². The van der Waals surface area contributed by atoms with Crippen molar-refractivity contribution in [2.24, 2.45) is 0 Å². The summed E-state index contributed by atoms with van der Waals surface area (Å²) in [6.45, 7) is 0. The van der Waals surface area contributed by atoms with Crippen molar-refractivity contribution in [2.45, 2.75) is 12.4 Å². The summed E-state index contributed by atoms with van der Waals surface area (Å²) < 4.78 is 73.8. The van der Waals surface area contributed by atoms with E-state index >= 15 is 0 Å². The molecule has 0 spiro atoms. The first kappa shape index (κ1) is 13.4. The predicted molar refractivity (Wildman–Crippen MR) is 53.6 cm³/mol. The molecule has 0 aliphatic rings. The third kappa shape index (κ3) is 2.53. The number of hydrogen-bond acceptors (Lipinski definition) is 1. The van der Waals surface area contributed by atoms with Gasteiger partial charge in [0.25, 0.3) is 0 Å². The molecule has 0 fully saturated rings. The molecule has 0 atom stereocenters. The van der Waals surface area contributed by atoms with E-state index in [1.165, 1.54) is 22.6 Å². The van der Waals surface area contributed by atoms with Gasteiger partial charge in [-0.25, -0.2) is 0 Å². The van der Waals surface area contributed by atoms with Crippen molar-refractivity contribution < 1.29 is 26.3 Å². The van der Waals surface area contributed by atoms with Gasteiger partial charge in [-0.1, -0.05) is 0 Å². The van der Waals surface area contributed by atoms with Gasteiger partial charge < -0.3 is 5.73 Å². The van der Waals surface area contributed by atoms with Gasteiger partial charge >= 0.3 is 12.4 Å². The van der Waals surface area contributed by atoms with Crippen molar-refractivity contribution in [1.82, 2.24) is 0 Å². The molecule has 8 heteroatoms. The van der Waals surface area contributed by atoms with E-state index < -0.39 is 29.2 Å². The molecule has 0 radical (unpaired) electrons.